The monoisotopic (exact) mass is 296 g/mol. The number of rotatable bonds is 1. The minimum absolute atomic E-state index is 0. The molecule has 0 atom stereocenters. The minimum atomic E-state index is 0. The van der Waals surface area contributed by atoms with E-state index in [-0.39, 0.29) is 31.1 Å². The van der Waals surface area contributed by atoms with Crippen LogP contribution in [0.5, 0.6) is 0 Å². The van der Waals surface area contributed by atoms with Crippen molar-refractivity contribution in [3.8, 4) is 0 Å². The standard InChI is InChI=1S/C3H6O.U/c1-2-3-4;/h3H,2H2,1H3;. The van der Waals surface area contributed by atoms with Gasteiger partial charge >= 0.3 is 0 Å². The third-order valence-electron chi connectivity index (χ3n) is 0.167. The third-order valence-corrected chi connectivity index (χ3v) is 0.167. The number of aldehydes is 1. The minimum Gasteiger partial charge on any atom is -0.303 e. The van der Waals surface area contributed by atoms with E-state index in [4.69, 9.17) is 0 Å². The molecule has 0 spiro atoms. The Morgan fingerprint density at radius 1 is 1.80 bits per heavy atom. The fourth-order valence-electron chi connectivity index (χ4n) is 0. The molecule has 0 aliphatic heterocycles. The van der Waals surface area contributed by atoms with Crippen molar-refractivity contribution in [2.75, 3.05) is 0 Å². The average molecular weight is 296 g/mol. The van der Waals surface area contributed by atoms with E-state index in [0.717, 1.165) is 6.29 Å². The fourth-order valence-corrected chi connectivity index (χ4v) is 0. The van der Waals surface area contributed by atoms with E-state index in [1.54, 1.807) is 0 Å². The average Bonchev–Trinajstić information content (AvgIpc) is 1.37. The van der Waals surface area contributed by atoms with Crippen molar-refractivity contribution in [1.82, 2.24) is 0 Å². The molecule has 1 nitrogen and oxygen atoms in total. The van der Waals surface area contributed by atoms with Crippen LogP contribution in [-0.4, -0.2) is 6.29 Å². The molecule has 5 heavy (non-hydrogen) atoms. The Morgan fingerprint density at radius 3 is 2.00 bits per heavy atom. The molecule has 0 heterocycles. The molecule has 0 aromatic heterocycles. The summed E-state index contributed by atoms with van der Waals surface area (Å²) in [5.41, 5.74) is 0. The number of hydrogen-bond acceptors (Lipinski definition) is 1. The van der Waals surface area contributed by atoms with E-state index in [1.807, 2.05) is 6.92 Å². The molecule has 0 rings (SSSR count). The van der Waals surface area contributed by atoms with Crippen LogP contribution in [0.4, 0.5) is 0 Å². The van der Waals surface area contributed by atoms with Crippen LogP contribution in [0.15, 0.2) is 0 Å². The van der Waals surface area contributed by atoms with Crippen LogP contribution < -0.4 is 0 Å². The van der Waals surface area contributed by atoms with Gasteiger partial charge in [0.2, 0.25) is 0 Å². The van der Waals surface area contributed by atoms with E-state index >= 15 is 0 Å². The van der Waals surface area contributed by atoms with Crippen molar-refractivity contribution in [3.05, 3.63) is 0 Å². The SMILES string of the molecule is CCC=O.[U]. The van der Waals surface area contributed by atoms with Crippen LogP contribution in [0, 0.1) is 31.1 Å². The maximum Gasteiger partial charge on any atom is 0.119 e. The molecular formula is C3H6OU. The van der Waals surface area contributed by atoms with E-state index in [9.17, 15) is 4.79 Å². The Balaban J connectivity index is 0. The third kappa shape index (κ3) is 11.8. The summed E-state index contributed by atoms with van der Waals surface area (Å²) in [7, 11) is 0. The van der Waals surface area contributed by atoms with Gasteiger partial charge in [-0.25, -0.2) is 0 Å². The van der Waals surface area contributed by atoms with Crippen LogP contribution in [0.1, 0.15) is 13.3 Å². The molecule has 0 saturated heterocycles. The predicted octanol–water partition coefficient (Wildman–Crippen LogP) is 0.595. The largest absolute Gasteiger partial charge is 0.303 e. The fraction of sp³-hybridized carbons (Fsp3) is 0.667. The molecule has 0 fully saturated rings. The molecule has 2 heteroatoms. The van der Waals surface area contributed by atoms with Gasteiger partial charge in [-0.3, -0.25) is 0 Å². The van der Waals surface area contributed by atoms with Gasteiger partial charge < -0.3 is 4.79 Å². The second kappa shape index (κ2) is 8.83. The van der Waals surface area contributed by atoms with Gasteiger partial charge in [0.25, 0.3) is 0 Å². The second-order valence-corrected chi connectivity index (χ2v) is 0.575. The Labute approximate surface area is 55.5 Å². The first-order valence-corrected chi connectivity index (χ1v) is 1.35. The number of carbonyl (C=O) groups is 1. The summed E-state index contributed by atoms with van der Waals surface area (Å²) in [5.74, 6) is 0. The predicted molar refractivity (Wildman–Crippen MR) is 16.4 cm³/mol. The van der Waals surface area contributed by atoms with Crippen molar-refractivity contribution in [1.29, 1.82) is 0 Å². The molecule has 0 aliphatic rings. The van der Waals surface area contributed by atoms with Gasteiger partial charge in [-0.1, -0.05) is 6.92 Å². The van der Waals surface area contributed by atoms with Gasteiger partial charge in [-0.15, -0.1) is 0 Å². The quantitative estimate of drug-likeness (QED) is 0.648. The van der Waals surface area contributed by atoms with Gasteiger partial charge in [-0.2, -0.15) is 0 Å². The zero-order valence-electron chi connectivity index (χ0n) is 3.19. The van der Waals surface area contributed by atoms with Crippen LogP contribution >= 0.6 is 0 Å². The molecule has 0 saturated carbocycles. The van der Waals surface area contributed by atoms with Crippen LogP contribution in [0.2, 0.25) is 0 Å². The maximum absolute atomic E-state index is 9.17. The van der Waals surface area contributed by atoms with Crippen molar-refractivity contribution >= 4 is 6.29 Å². The zero-order chi connectivity index (χ0) is 3.41. The summed E-state index contributed by atoms with van der Waals surface area (Å²) < 4.78 is 0. The molecule has 0 aliphatic carbocycles. The molecule has 0 N–H and O–H groups in total. The smallest absolute Gasteiger partial charge is 0.119 e. The molecule has 0 aromatic rings. The van der Waals surface area contributed by atoms with Gasteiger partial charge in [-0.05, 0) is 0 Å². The van der Waals surface area contributed by atoms with Gasteiger partial charge in [0.1, 0.15) is 6.29 Å². The molecule has 0 amide bonds. The molecule has 0 unspecified atom stereocenters. The van der Waals surface area contributed by atoms with Crippen LogP contribution in [-0.2, 0) is 4.79 Å². The second-order valence-electron chi connectivity index (χ2n) is 0.575. The van der Waals surface area contributed by atoms with Crippen LogP contribution in [0.25, 0.3) is 0 Å². The summed E-state index contributed by atoms with van der Waals surface area (Å²) in [5, 5.41) is 0. The normalized spacial score (nSPS) is 5.00. The molecular weight excluding hydrogens is 290 g/mol. The maximum atomic E-state index is 9.17. The first-order valence-electron chi connectivity index (χ1n) is 1.35. The Bertz CT molecular complexity index is 20.9. The van der Waals surface area contributed by atoms with Gasteiger partial charge in [0, 0.05) is 37.5 Å². The molecule has 28 valence electrons. The molecule has 0 bridgehead atoms. The Hall–Kier alpha value is 0.722. The Kier molecular flexibility index (Phi) is 16.3. The van der Waals surface area contributed by atoms with Gasteiger partial charge in [0.15, 0.2) is 0 Å². The summed E-state index contributed by atoms with van der Waals surface area (Å²) in [6.45, 7) is 1.81. The zero-order valence-corrected chi connectivity index (χ0v) is 7.36. The summed E-state index contributed by atoms with van der Waals surface area (Å²) in [4.78, 5) is 9.17. The van der Waals surface area contributed by atoms with E-state index in [1.165, 1.54) is 0 Å². The first kappa shape index (κ1) is 9.21. The number of hydrogen-bond donors (Lipinski definition) is 0. The molecule has 0 radical (unpaired) electrons. The van der Waals surface area contributed by atoms with Gasteiger partial charge in [0.05, 0.1) is 0 Å². The summed E-state index contributed by atoms with van der Waals surface area (Å²) in [6.07, 6.45) is 1.51. The number of carbonyl (C=O) groups excluding carboxylic acids is 1. The Morgan fingerprint density at radius 2 is 2.00 bits per heavy atom. The van der Waals surface area contributed by atoms with Crippen molar-refractivity contribution in [2.24, 2.45) is 0 Å². The van der Waals surface area contributed by atoms with Crippen LogP contribution in [0.3, 0.4) is 0 Å². The van der Waals surface area contributed by atoms with Crippen molar-refractivity contribution in [3.63, 3.8) is 0 Å². The topological polar surface area (TPSA) is 17.1 Å². The van der Waals surface area contributed by atoms with E-state index in [2.05, 4.69) is 0 Å². The van der Waals surface area contributed by atoms with Crippen molar-refractivity contribution in [2.45, 2.75) is 13.3 Å². The summed E-state index contributed by atoms with van der Waals surface area (Å²) in [6, 6.07) is 0. The molecule has 0 aromatic carbocycles. The van der Waals surface area contributed by atoms with E-state index in [0.29, 0.717) is 6.42 Å². The van der Waals surface area contributed by atoms with E-state index < -0.39 is 0 Å². The summed E-state index contributed by atoms with van der Waals surface area (Å²) >= 11 is 0. The first-order chi connectivity index (χ1) is 1.91. The van der Waals surface area contributed by atoms with Crippen molar-refractivity contribution < 1.29 is 35.9 Å².